The first-order chi connectivity index (χ1) is 10.2. The number of aromatic nitrogens is 2. The van der Waals surface area contributed by atoms with E-state index in [0.29, 0.717) is 11.6 Å². The van der Waals surface area contributed by atoms with Crippen molar-refractivity contribution in [3.8, 4) is 5.75 Å². The number of anilines is 3. The maximum atomic E-state index is 6.05. The predicted molar refractivity (Wildman–Crippen MR) is 85.0 cm³/mol. The van der Waals surface area contributed by atoms with E-state index in [1.54, 1.807) is 7.11 Å². The zero-order valence-corrected chi connectivity index (χ0v) is 11.9. The summed E-state index contributed by atoms with van der Waals surface area (Å²) in [5.74, 6) is 1.81. The van der Waals surface area contributed by atoms with Gasteiger partial charge in [-0.3, -0.25) is 0 Å². The molecule has 106 valence electrons. The number of rotatable bonds is 3. The van der Waals surface area contributed by atoms with Crippen molar-refractivity contribution < 1.29 is 4.74 Å². The van der Waals surface area contributed by atoms with Crippen molar-refractivity contribution in [3.05, 3.63) is 48.5 Å². The van der Waals surface area contributed by atoms with Gasteiger partial charge in [-0.2, -0.15) is 0 Å². The zero-order valence-electron chi connectivity index (χ0n) is 11.9. The molecule has 2 N–H and O–H groups in total. The summed E-state index contributed by atoms with van der Waals surface area (Å²) in [7, 11) is 3.55. The fourth-order valence-electron chi connectivity index (χ4n) is 2.19. The van der Waals surface area contributed by atoms with E-state index in [-0.39, 0.29) is 0 Å². The van der Waals surface area contributed by atoms with Crippen LogP contribution < -0.4 is 15.4 Å². The summed E-state index contributed by atoms with van der Waals surface area (Å²) in [4.78, 5) is 10.9. The molecule has 0 aliphatic rings. The summed E-state index contributed by atoms with van der Waals surface area (Å²) >= 11 is 0. The van der Waals surface area contributed by atoms with Gasteiger partial charge < -0.3 is 15.4 Å². The van der Waals surface area contributed by atoms with Crippen molar-refractivity contribution in [2.75, 3.05) is 24.8 Å². The third-order valence-electron chi connectivity index (χ3n) is 3.34. The molecule has 1 aromatic heterocycles. The van der Waals surface area contributed by atoms with Crippen LogP contribution in [-0.4, -0.2) is 24.1 Å². The molecule has 2 aromatic carbocycles. The normalized spacial score (nSPS) is 10.6. The molecule has 0 aliphatic heterocycles. The molecular weight excluding hydrogens is 264 g/mol. The van der Waals surface area contributed by atoms with Crippen LogP contribution in [0.1, 0.15) is 0 Å². The van der Waals surface area contributed by atoms with Crippen LogP contribution in [0.15, 0.2) is 48.5 Å². The monoisotopic (exact) mass is 280 g/mol. The van der Waals surface area contributed by atoms with Gasteiger partial charge in [0.1, 0.15) is 5.75 Å². The Labute approximate surface area is 123 Å². The van der Waals surface area contributed by atoms with Gasteiger partial charge in [0.05, 0.1) is 18.1 Å². The van der Waals surface area contributed by atoms with Crippen LogP contribution in [0, 0.1) is 0 Å². The van der Waals surface area contributed by atoms with Crippen molar-refractivity contribution in [3.63, 3.8) is 0 Å². The molecule has 0 spiro atoms. The van der Waals surface area contributed by atoms with Crippen molar-refractivity contribution in [2.45, 2.75) is 0 Å². The van der Waals surface area contributed by atoms with Crippen LogP contribution in [0.4, 0.5) is 17.3 Å². The first kappa shape index (κ1) is 13.2. The minimum Gasteiger partial charge on any atom is -0.497 e. The highest BCUT2D eigenvalue weighted by molar-refractivity contribution is 5.81. The van der Waals surface area contributed by atoms with Crippen LogP contribution in [0.3, 0.4) is 0 Å². The molecule has 5 nitrogen and oxygen atoms in total. The molecule has 0 amide bonds. The summed E-state index contributed by atoms with van der Waals surface area (Å²) in [6.45, 7) is 0. The Kier molecular flexibility index (Phi) is 3.31. The number of hydrogen-bond acceptors (Lipinski definition) is 5. The second-order valence-corrected chi connectivity index (χ2v) is 4.68. The number of ether oxygens (including phenoxy) is 1. The fourth-order valence-corrected chi connectivity index (χ4v) is 2.19. The van der Waals surface area contributed by atoms with E-state index in [1.807, 2.05) is 60.5 Å². The van der Waals surface area contributed by atoms with Crippen molar-refractivity contribution in [2.24, 2.45) is 0 Å². The van der Waals surface area contributed by atoms with Crippen LogP contribution in [0.2, 0.25) is 0 Å². The van der Waals surface area contributed by atoms with Crippen molar-refractivity contribution in [1.82, 2.24) is 9.97 Å². The lowest BCUT2D eigenvalue weighted by Gasteiger charge is -2.20. The Hall–Kier alpha value is -2.82. The maximum Gasteiger partial charge on any atom is 0.176 e. The van der Waals surface area contributed by atoms with Gasteiger partial charge in [-0.15, -0.1) is 0 Å². The standard InChI is InChI=1S/C16H16N4O/c1-20(11-6-5-7-12(10-11)21-2)16-15(17)18-13-8-3-4-9-14(13)19-16/h3-10H,1-2H3,(H2,17,18). The van der Waals surface area contributed by atoms with Gasteiger partial charge in [-0.1, -0.05) is 18.2 Å². The molecule has 0 saturated carbocycles. The highest BCUT2D eigenvalue weighted by Crippen LogP contribution is 2.29. The minimum atomic E-state index is 0.402. The lowest BCUT2D eigenvalue weighted by molar-refractivity contribution is 0.415. The molecule has 0 saturated heterocycles. The SMILES string of the molecule is COc1cccc(N(C)c2nc3ccccc3nc2N)c1. The highest BCUT2D eigenvalue weighted by atomic mass is 16.5. The highest BCUT2D eigenvalue weighted by Gasteiger charge is 2.12. The Morgan fingerprint density at radius 3 is 2.43 bits per heavy atom. The van der Waals surface area contributed by atoms with Gasteiger partial charge in [-0.25, -0.2) is 9.97 Å². The number of fused-ring (bicyclic) bond motifs is 1. The van der Waals surface area contributed by atoms with Gasteiger partial charge >= 0.3 is 0 Å². The van der Waals surface area contributed by atoms with E-state index >= 15 is 0 Å². The quantitative estimate of drug-likeness (QED) is 0.799. The molecule has 0 radical (unpaired) electrons. The summed E-state index contributed by atoms with van der Waals surface area (Å²) in [6.07, 6.45) is 0. The summed E-state index contributed by atoms with van der Waals surface area (Å²) in [5, 5.41) is 0. The average molecular weight is 280 g/mol. The lowest BCUT2D eigenvalue weighted by Crippen LogP contribution is -2.14. The summed E-state index contributed by atoms with van der Waals surface area (Å²) < 4.78 is 5.25. The molecule has 0 fully saturated rings. The van der Waals surface area contributed by atoms with Gasteiger partial charge in [-0.05, 0) is 24.3 Å². The van der Waals surface area contributed by atoms with E-state index in [2.05, 4.69) is 9.97 Å². The summed E-state index contributed by atoms with van der Waals surface area (Å²) in [5.41, 5.74) is 8.59. The third-order valence-corrected chi connectivity index (χ3v) is 3.34. The van der Waals surface area contributed by atoms with E-state index in [4.69, 9.17) is 10.5 Å². The predicted octanol–water partition coefficient (Wildman–Crippen LogP) is 2.99. The van der Waals surface area contributed by atoms with Gasteiger partial charge in [0, 0.05) is 18.8 Å². The number of para-hydroxylation sites is 2. The van der Waals surface area contributed by atoms with Crippen LogP contribution >= 0.6 is 0 Å². The second-order valence-electron chi connectivity index (χ2n) is 4.68. The molecular formula is C16H16N4O. The molecule has 0 aliphatic carbocycles. The largest absolute Gasteiger partial charge is 0.497 e. The number of nitrogens with two attached hydrogens (primary N) is 1. The van der Waals surface area contributed by atoms with E-state index in [9.17, 15) is 0 Å². The number of methoxy groups -OCH3 is 1. The number of hydrogen-bond donors (Lipinski definition) is 1. The maximum absolute atomic E-state index is 6.05. The van der Waals surface area contributed by atoms with Gasteiger partial charge in [0.15, 0.2) is 11.6 Å². The Balaban J connectivity index is 2.08. The Morgan fingerprint density at radius 1 is 1.00 bits per heavy atom. The summed E-state index contributed by atoms with van der Waals surface area (Å²) in [6, 6.07) is 15.4. The van der Waals surface area contributed by atoms with Crippen LogP contribution in [0.25, 0.3) is 11.0 Å². The molecule has 0 atom stereocenters. The smallest absolute Gasteiger partial charge is 0.176 e. The van der Waals surface area contributed by atoms with Crippen molar-refractivity contribution >= 4 is 28.4 Å². The zero-order chi connectivity index (χ0) is 14.8. The van der Waals surface area contributed by atoms with E-state index < -0.39 is 0 Å². The molecule has 0 bridgehead atoms. The van der Waals surface area contributed by atoms with Crippen LogP contribution in [-0.2, 0) is 0 Å². The topological polar surface area (TPSA) is 64.3 Å². The first-order valence-electron chi connectivity index (χ1n) is 6.59. The number of nitrogens with zero attached hydrogens (tertiary/aromatic N) is 3. The third kappa shape index (κ3) is 2.45. The molecule has 3 rings (SSSR count). The molecule has 5 heteroatoms. The van der Waals surface area contributed by atoms with E-state index in [0.717, 1.165) is 22.5 Å². The van der Waals surface area contributed by atoms with E-state index in [1.165, 1.54) is 0 Å². The Morgan fingerprint density at radius 2 is 1.71 bits per heavy atom. The lowest BCUT2D eigenvalue weighted by atomic mass is 10.2. The minimum absolute atomic E-state index is 0.402. The van der Waals surface area contributed by atoms with Crippen LogP contribution in [0.5, 0.6) is 5.75 Å². The molecule has 0 unspecified atom stereocenters. The van der Waals surface area contributed by atoms with Gasteiger partial charge in [0.25, 0.3) is 0 Å². The molecule has 1 heterocycles. The first-order valence-corrected chi connectivity index (χ1v) is 6.59. The number of nitrogen functional groups attached to an aromatic ring is 1. The Bertz CT molecular complexity index is 788. The van der Waals surface area contributed by atoms with Crippen molar-refractivity contribution in [1.29, 1.82) is 0 Å². The second kappa shape index (κ2) is 5.28. The molecule has 3 aromatic rings. The van der Waals surface area contributed by atoms with Gasteiger partial charge in [0.2, 0.25) is 0 Å². The average Bonchev–Trinajstić information content (AvgIpc) is 2.53. The fraction of sp³-hybridized carbons (Fsp3) is 0.125. The molecule has 21 heavy (non-hydrogen) atoms. The number of benzene rings is 2.